The first-order valence-corrected chi connectivity index (χ1v) is 9.70. The molecule has 1 atom stereocenters. The van der Waals surface area contributed by atoms with Gasteiger partial charge in [-0.3, -0.25) is 14.9 Å². The number of methoxy groups -OCH3 is 1. The van der Waals surface area contributed by atoms with E-state index in [0.29, 0.717) is 12.8 Å². The lowest BCUT2D eigenvalue weighted by Crippen LogP contribution is -2.52. The van der Waals surface area contributed by atoms with E-state index in [-0.39, 0.29) is 23.7 Å². The molecule has 2 rings (SSSR count). The molecule has 1 aromatic rings. The number of carbonyl (C=O) groups excluding carboxylic acids is 2. The third-order valence-electron chi connectivity index (χ3n) is 4.94. The monoisotopic (exact) mass is 419 g/mol. The number of hydrogen-bond donors (Lipinski definition) is 1. The first-order chi connectivity index (χ1) is 14.3. The summed E-state index contributed by atoms with van der Waals surface area (Å²) in [7, 11) is 1.32. The highest BCUT2D eigenvalue weighted by Gasteiger charge is 2.36. The number of nitro groups is 1. The van der Waals surface area contributed by atoms with E-state index >= 15 is 0 Å². The van der Waals surface area contributed by atoms with Crippen molar-refractivity contribution in [1.82, 2.24) is 5.32 Å². The van der Waals surface area contributed by atoms with E-state index in [9.17, 15) is 25.0 Å². The summed E-state index contributed by atoms with van der Waals surface area (Å²) in [6.07, 6.45) is 2.44. The average Bonchev–Trinajstić information content (AvgIpc) is 2.73. The second kappa shape index (κ2) is 9.91. The lowest BCUT2D eigenvalue weighted by Gasteiger charge is -2.32. The molecule has 162 valence electrons. The maximum absolute atomic E-state index is 12.6. The fourth-order valence-corrected chi connectivity index (χ4v) is 3.33. The van der Waals surface area contributed by atoms with Gasteiger partial charge in [-0.25, -0.2) is 4.79 Å². The quantitative estimate of drug-likeness (QED) is 0.385. The van der Waals surface area contributed by atoms with Crippen LogP contribution in [-0.2, 0) is 9.53 Å². The van der Waals surface area contributed by atoms with Crippen molar-refractivity contribution in [2.75, 3.05) is 13.7 Å². The molecule has 0 heterocycles. The number of esters is 1. The predicted octanol–water partition coefficient (Wildman–Crippen LogP) is 2.89. The third-order valence-corrected chi connectivity index (χ3v) is 4.94. The Bertz CT molecular complexity index is 857. The van der Waals surface area contributed by atoms with Crippen molar-refractivity contribution in [3.05, 3.63) is 27.8 Å². The average molecular weight is 419 g/mol. The second-order valence-electron chi connectivity index (χ2n) is 7.00. The molecule has 0 aliphatic heterocycles. The number of hydrogen-bond acceptors (Lipinski definition) is 8. The molecular weight excluding hydrogens is 394 g/mol. The number of benzene rings is 1. The SMILES string of the molecule is CCOc1cc(C(=O)O[C@@H](C)C(=O)NC2(C#N)CCCCC2)c([N+](=O)[O-])cc1OC. The van der Waals surface area contributed by atoms with Crippen LogP contribution in [0.5, 0.6) is 11.5 Å². The van der Waals surface area contributed by atoms with Crippen LogP contribution in [0.2, 0.25) is 0 Å². The van der Waals surface area contributed by atoms with Gasteiger partial charge in [0.05, 0.1) is 30.8 Å². The maximum atomic E-state index is 12.6. The molecule has 1 amide bonds. The van der Waals surface area contributed by atoms with Crippen LogP contribution in [0.3, 0.4) is 0 Å². The molecule has 1 aliphatic carbocycles. The van der Waals surface area contributed by atoms with E-state index in [1.54, 1.807) is 6.92 Å². The molecule has 1 saturated carbocycles. The Labute approximate surface area is 174 Å². The molecule has 0 spiro atoms. The molecule has 1 aromatic carbocycles. The normalized spacial score (nSPS) is 15.9. The first-order valence-electron chi connectivity index (χ1n) is 9.70. The first kappa shape index (κ1) is 22.9. The van der Waals surface area contributed by atoms with Gasteiger partial charge >= 0.3 is 5.97 Å². The summed E-state index contributed by atoms with van der Waals surface area (Å²) in [6.45, 7) is 3.30. The highest BCUT2D eigenvalue weighted by molar-refractivity contribution is 5.96. The van der Waals surface area contributed by atoms with Gasteiger partial charge in [0.25, 0.3) is 11.6 Å². The van der Waals surface area contributed by atoms with Gasteiger partial charge in [-0.1, -0.05) is 19.3 Å². The fourth-order valence-electron chi connectivity index (χ4n) is 3.33. The molecule has 0 aromatic heterocycles. The summed E-state index contributed by atoms with van der Waals surface area (Å²) in [5, 5.41) is 23.6. The van der Waals surface area contributed by atoms with Crippen molar-refractivity contribution in [3.8, 4) is 17.6 Å². The molecule has 10 nitrogen and oxygen atoms in total. The molecule has 10 heteroatoms. The van der Waals surface area contributed by atoms with E-state index < -0.39 is 34.1 Å². The fraction of sp³-hybridized carbons (Fsp3) is 0.550. The van der Waals surface area contributed by atoms with Crippen molar-refractivity contribution < 1.29 is 28.7 Å². The lowest BCUT2D eigenvalue weighted by molar-refractivity contribution is -0.385. The van der Waals surface area contributed by atoms with Gasteiger partial charge in [-0.05, 0) is 26.7 Å². The minimum absolute atomic E-state index is 0.0964. The predicted molar refractivity (Wildman–Crippen MR) is 105 cm³/mol. The smallest absolute Gasteiger partial charge is 0.346 e. The Kier molecular flexibility index (Phi) is 7.58. The Balaban J connectivity index is 2.21. The van der Waals surface area contributed by atoms with Crippen molar-refractivity contribution in [2.45, 2.75) is 57.6 Å². The Morgan fingerprint density at radius 1 is 1.30 bits per heavy atom. The van der Waals surface area contributed by atoms with Gasteiger partial charge in [0, 0.05) is 6.07 Å². The van der Waals surface area contributed by atoms with Crippen LogP contribution < -0.4 is 14.8 Å². The Hall–Kier alpha value is -3.35. The van der Waals surface area contributed by atoms with Crippen LogP contribution in [0.15, 0.2) is 12.1 Å². The summed E-state index contributed by atoms with van der Waals surface area (Å²) in [5.74, 6) is -1.45. The molecule has 1 aliphatic rings. The van der Waals surface area contributed by atoms with E-state index in [4.69, 9.17) is 14.2 Å². The van der Waals surface area contributed by atoms with Crippen molar-refractivity contribution in [1.29, 1.82) is 5.26 Å². The van der Waals surface area contributed by atoms with E-state index in [0.717, 1.165) is 31.4 Å². The van der Waals surface area contributed by atoms with Crippen LogP contribution >= 0.6 is 0 Å². The van der Waals surface area contributed by atoms with E-state index in [1.165, 1.54) is 14.0 Å². The van der Waals surface area contributed by atoms with Crippen LogP contribution in [0.25, 0.3) is 0 Å². The van der Waals surface area contributed by atoms with Crippen LogP contribution in [-0.4, -0.2) is 42.2 Å². The molecule has 30 heavy (non-hydrogen) atoms. The van der Waals surface area contributed by atoms with Crippen LogP contribution in [0.1, 0.15) is 56.3 Å². The zero-order valence-electron chi connectivity index (χ0n) is 17.2. The summed E-state index contributed by atoms with van der Waals surface area (Å²) < 4.78 is 15.6. The molecule has 0 saturated heterocycles. The van der Waals surface area contributed by atoms with Gasteiger partial charge < -0.3 is 19.5 Å². The molecule has 1 fully saturated rings. The number of nitrogens with one attached hydrogen (secondary N) is 1. The number of rotatable bonds is 8. The lowest BCUT2D eigenvalue weighted by atomic mass is 9.83. The van der Waals surface area contributed by atoms with Crippen molar-refractivity contribution in [2.24, 2.45) is 0 Å². The minimum Gasteiger partial charge on any atom is -0.493 e. The number of ether oxygens (including phenoxy) is 3. The van der Waals surface area contributed by atoms with E-state index in [1.807, 2.05) is 0 Å². The van der Waals surface area contributed by atoms with Gasteiger partial charge in [-0.2, -0.15) is 5.26 Å². The summed E-state index contributed by atoms with van der Waals surface area (Å²) in [5.41, 5.74) is -1.88. The molecular formula is C20H25N3O7. The minimum atomic E-state index is -1.25. The van der Waals surface area contributed by atoms with Crippen molar-refractivity contribution in [3.63, 3.8) is 0 Å². The number of nitrogens with zero attached hydrogens (tertiary/aromatic N) is 2. The second-order valence-corrected chi connectivity index (χ2v) is 7.00. The van der Waals surface area contributed by atoms with E-state index in [2.05, 4.69) is 11.4 Å². The number of nitro benzene ring substituents is 1. The zero-order valence-corrected chi connectivity index (χ0v) is 17.2. The van der Waals surface area contributed by atoms with Crippen LogP contribution in [0.4, 0.5) is 5.69 Å². The third kappa shape index (κ3) is 5.17. The molecule has 0 unspecified atom stereocenters. The topological polar surface area (TPSA) is 141 Å². The van der Waals surface area contributed by atoms with Gasteiger partial charge in [0.1, 0.15) is 11.1 Å². The van der Waals surface area contributed by atoms with Crippen molar-refractivity contribution >= 4 is 17.6 Å². The number of nitriles is 1. The van der Waals surface area contributed by atoms with Gasteiger partial charge in [0.2, 0.25) is 0 Å². The van der Waals surface area contributed by atoms with Crippen LogP contribution in [0, 0.1) is 21.4 Å². The molecule has 1 N–H and O–H groups in total. The summed E-state index contributed by atoms with van der Waals surface area (Å²) in [4.78, 5) is 35.8. The maximum Gasteiger partial charge on any atom is 0.346 e. The Morgan fingerprint density at radius 2 is 1.97 bits per heavy atom. The summed E-state index contributed by atoms with van der Waals surface area (Å²) in [6, 6.07) is 4.38. The highest BCUT2D eigenvalue weighted by Crippen LogP contribution is 2.35. The molecule has 0 radical (unpaired) electrons. The van der Waals surface area contributed by atoms with Gasteiger partial charge in [-0.15, -0.1) is 0 Å². The summed E-state index contributed by atoms with van der Waals surface area (Å²) >= 11 is 0. The number of carbonyl (C=O) groups is 2. The highest BCUT2D eigenvalue weighted by atomic mass is 16.6. The largest absolute Gasteiger partial charge is 0.493 e. The zero-order chi connectivity index (χ0) is 22.3. The van der Waals surface area contributed by atoms with Gasteiger partial charge in [0.15, 0.2) is 17.6 Å². The number of amides is 1. The molecule has 0 bridgehead atoms. The Morgan fingerprint density at radius 3 is 2.50 bits per heavy atom. The standard InChI is InChI=1S/C20H25N3O7/c1-4-29-17-10-14(15(23(26)27)11-16(17)28-3)19(25)30-13(2)18(24)22-20(12-21)8-6-5-7-9-20/h10-11,13H,4-9H2,1-3H3,(H,22,24)/t13-/m0/s1.